The SMILES string of the molecule is OC1[C@@H](O)[C@H](O)C2(CO2)[C@@H](O)[C@H]1O. The number of rotatable bonds is 0. The summed E-state index contributed by atoms with van der Waals surface area (Å²) in [5, 5.41) is 46.5. The van der Waals surface area contributed by atoms with E-state index < -0.39 is 36.1 Å². The Bertz CT molecular complexity index is 197. The largest absolute Gasteiger partial charge is 0.387 e. The number of hydrogen-bond acceptors (Lipinski definition) is 6. The standard InChI is InChI=1S/C7H12O6/c8-2-3(9)5(11)7(1-13-7)6(12)4(2)10/h2-6,8-12H,1H2/t2?,3-,4+,5-,6-,7?/m0/s1. The Hall–Kier alpha value is -0.240. The summed E-state index contributed by atoms with van der Waals surface area (Å²) < 4.78 is 4.82. The summed E-state index contributed by atoms with van der Waals surface area (Å²) in [6.45, 7) is 0.0795. The van der Waals surface area contributed by atoms with Crippen LogP contribution in [0.2, 0.25) is 0 Å². The van der Waals surface area contributed by atoms with Crippen LogP contribution in [0.5, 0.6) is 0 Å². The molecule has 1 spiro atoms. The van der Waals surface area contributed by atoms with Crippen molar-refractivity contribution in [3.63, 3.8) is 0 Å². The predicted octanol–water partition coefficient (Wildman–Crippen LogP) is -3.43. The van der Waals surface area contributed by atoms with Crippen LogP contribution in [0.3, 0.4) is 0 Å². The molecular formula is C7H12O6. The third-order valence-electron chi connectivity index (χ3n) is 2.83. The molecule has 2 aliphatic rings. The van der Waals surface area contributed by atoms with Crippen molar-refractivity contribution >= 4 is 0 Å². The van der Waals surface area contributed by atoms with Crippen molar-refractivity contribution in [2.75, 3.05) is 6.61 Å². The van der Waals surface area contributed by atoms with Crippen LogP contribution < -0.4 is 0 Å². The van der Waals surface area contributed by atoms with Crippen LogP contribution in [0.1, 0.15) is 0 Å². The van der Waals surface area contributed by atoms with Crippen LogP contribution >= 0.6 is 0 Å². The minimum absolute atomic E-state index is 0.0795. The molecule has 2 fully saturated rings. The molecule has 0 aromatic rings. The normalized spacial score (nSPS) is 61.2. The van der Waals surface area contributed by atoms with Crippen molar-refractivity contribution in [1.29, 1.82) is 0 Å². The van der Waals surface area contributed by atoms with E-state index in [-0.39, 0.29) is 6.61 Å². The molecule has 1 saturated carbocycles. The zero-order chi connectivity index (χ0) is 9.80. The molecule has 0 aromatic heterocycles. The van der Waals surface area contributed by atoms with Gasteiger partial charge in [0.25, 0.3) is 0 Å². The van der Waals surface area contributed by atoms with Crippen LogP contribution in [0.15, 0.2) is 0 Å². The summed E-state index contributed by atoms with van der Waals surface area (Å²) in [6, 6.07) is 0. The summed E-state index contributed by atoms with van der Waals surface area (Å²) in [4.78, 5) is 0. The average molecular weight is 192 g/mol. The monoisotopic (exact) mass is 192 g/mol. The summed E-state index contributed by atoms with van der Waals surface area (Å²) in [7, 11) is 0. The highest BCUT2D eigenvalue weighted by Gasteiger charge is 2.66. The molecule has 6 atom stereocenters. The first kappa shape index (κ1) is 9.32. The lowest BCUT2D eigenvalue weighted by atomic mass is 9.78. The van der Waals surface area contributed by atoms with Gasteiger partial charge in [-0.1, -0.05) is 0 Å². The molecule has 1 heterocycles. The molecule has 0 radical (unpaired) electrons. The van der Waals surface area contributed by atoms with Crippen LogP contribution in [-0.4, -0.2) is 68.3 Å². The van der Waals surface area contributed by atoms with Crippen LogP contribution in [-0.2, 0) is 4.74 Å². The molecule has 5 N–H and O–H groups in total. The number of aliphatic hydroxyl groups excluding tert-OH is 5. The number of aliphatic hydroxyl groups is 5. The highest BCUT2D eigenvalue weighted by atomic mass is 16.6. The maximum absolute atomic E-state index is 9.42. The van der Waals surface area contributed by atoms with Crippen LogP contribution in [0, 0.1) is 0 Å². The zero-order valence-corrected chi connectivity index (χ0v) is 6.74. The topological polar surface area (TPSA) is 114 Å². The van der Waals surface area contributed by atoms with Crippen molar-refractivity contribution in [2.45, 2.75) is 36.1 Å². The van der Waals surface area contributed by atoms with E-state index in [1.807, 2.05) is 0 Å². The van der Waals surface area contributed by atoms with Gasteiger partial charge in [0.2, 0.25) is 0 Å². The maximum atomic E-state index is 9.42. The van der Waals surface area contributed by atoms with Gasteiger partial charge >= 0.3 is 0 Å². The molecule has 1 aliphatic heterocycles. The summed E-state index contributed by atoms with van der Waals surface area (Å²) in [5.41, 5.74) is -1.28. The van der Waals surface area contributed by atoms with E-state index in [2.05, 4.69) is 0 Å². The van der Waals surface area contributed by atoms with Gasteiger partial charge in [0, 0.05) is 0 Å². The smallest absolute Gasteiger partial charge is 0.148 e. The Morgan fingerprint density at radius 1 is 0.846 bits per heavy atom. The van der Waals surface area contributed by atoms with Gasteiger partial charge in [-0.25, -0.2) is 0 Å². The van der Waals surface area contributed by atoms with Crippen molar-refractivity contribution in [1.82, 2.24) is 0 Å². The third kappa shape index (κ3) is 1.04. The van der Waals surface area contributed by atoms with E-state index >= 15 is 0 Å². The fourth-order valence-electron chi connectivity index (χ4n) is 1.75. The molecule has 6 heteroatoms. The molecule has 0 amide bonds. The minimum Gasteiger partial charge on any atom is -0.387 e. The fraction of sp³-hybridized carbons (Fsp3) is 1.00. The highest BCUT2D eigenvalue weighted by molar-refractivity contribution is 5.15. The molecular weight excluding hydrogens is 180 g/mol. The lowest BCUT2D eigenvalue weighted by Crippen LogP contribution is -2.65. The van der Waals surface area contributed by atoms with E-state index in [9.17, 15) is 25.5 Å². The molecule has 1 saturated heterocycles. The highest BCUT2D eigenvalue weighted by Crippen LogP contribution is 2.42. The second-order valence-electron chi connectivity index (χ2n) is 3.61. The van der Waals surface area contributed by atoms with Crippen LogP contribution in [0.25, 0.3) is 0 Å². The van der Waals surface area contributed by atoms with E-state index in [0.29, 0.717) is 0 Å². The Kier molecular flexibility index (Phi) is 1.88. The van der Waals surface area contributed by atoms with Crippen molar-refractivity contribution in [3.8, 4) is 0 Å². The Morgan fingerprint density at radius 2 is 1.23 bits per heavy atom. The first-order valence-electron chi connectivity index (χ1n) is 4.05. The van der Waals surface area contributed by atoms with Gasteiger partial charge in [0.15, 0.2) is 0 Å². The first-order valence-corrected chi connectivity index (χ1v) is 4.05. The predicted molar refractivity (Wildman–Crippen MR) is 38.7 cm³/mol. The van der Waals surface area contributed by atoms with E-state index in [1.165, 1.54) is 0 Å². The summed E-state index contributed by atoms with van der Waals surface area (Å²) >= 11 is 0. The van der Waals surface area contributed by atoms with Gasteiger partial charge in [-0.2, -0.15) is 0 Å². The Morgan fingerprint density at radius 3 is 1.54 bits per heavy atom. The second kappa shape index (κ2) is 2.63. The van der Waals surface area contributed by atoms with E-state index in [0.717, 1.165) is 0 Å². The quantitative estimate of drug-likeness (QED) is 0.255. The first-order chi connectivity index (χ1) is 6.00. The molecule has 0 aromatic carbocycles. The van der Waals surface area contributed by atoms with Crippen molar-refractivity contribution < 1.29 is 30.3 Å². The van der Waals surface area contributed by atoms with Gasteiger partial charge < -0.3 is 30.3 Å². The molecule has 0 bridgehead atoms. The maximum Gasteiger partial charge on any atom is 0.148 e. The Balaban J connectivity index is 2.24. The number of epoxide rings is 1. The zero-order valence-electron chi connectivity index (χ0n) is 6.74. The number of hydrogen-bond donors (Lipinski definition) is 5. The lowest BCUT2D eigenvalue weighted by Gasteiger charge is -2.40. The molecule has 1 aliphatic carbocycles. The average Bonchev–Trinajstić information content (AvgIpc) is 2.91. The fourth-order valence-corrected chi connectivity index (χ4v) is 1.75. The molecule has 2 unspecified atom stereocenters. The van der Waals surface area contributed by atoms with Gasteiger partial charge in [0.05, 0.1) is 6.61 Å². The van der Waals surface area contributed by atoms with Crippen molar-refractivity contribution in [2.24, 2.45) is 0 Å². The van der Waals surface area contributed by atoms with Crippen LogP contribution in [0.4, 0.5) is 0 Å². The molecule has 76 valence electrons. The third-order valence-corrected chi connectivity index (χ3v) is 2.83. The summed E-state index contributed by atoms with van der Waals surface area (Å²) in [6.07, 6.45) is -7.23. The van der Waals surface area contributed by atoms with Gasteiger partial charge in [-0.05, 0) is 0 Å². The number of ether oxygens (including phenoxy) is 1. The minimum atomic E-state index is -1.54. The van der Waals surface area contributed by atoms with E-state index in [1.54, 1.807) is 0 Å². The summed E-state index contributed by atoms with van der Waals surface area (Å²) in [5.74, 6) is 0. The van der Waals surface area contributed by atoms with Crippen molar-refractivity contribution in [3.05, 3.63) is 0 Å². The van der Waals surface area contributed by atoms with Gasteiger partial charge in [-0.15, -0.1) is 0 Å². The molecule has 6 nitrogen and oxygen atoms in total. The molecule has 2 rings (SSSR count). The lowest BCUT2D eigenvalue weighted by molar-refractivity contribution is -0.209. The Labute approximate surface area is 74.0 Å². The molecule has 13 heavy (non-hydrogen) atoms. The van der Waals surface area contributed by atoms with Gasteiger partial charge in [0.1, 0.15) is 36.1 Å². The second-order valence-corrected chi connectivity index (χ2v) is 3.61. The van der Waals surface area contributed by atoms with E-state index in [4.69, 9.17) is 4.74 Å². The van der Waals surface area contributed by atoms with Gasteiger partial charge in [-0.3, -0.25) is 0 Å².